The maximum absolute atomic E-state index is 11.5. The fraction of sp³-hybridized carbons (Fsp3) is 0.800. The third kappa shape index (κ3) is 4.89. The molecule has 0 bridgehead atoms. The van der Waals surface area contributed by atoms with Crippen molar-refractivity contribution in [3.05, 3.63) is 11.6 Å². The van der Waals surface area contributed by atoms with Gasteiger partial charge in [0.25, 0.3) is 0 Å². The summed E-state index contributed by atoms with van der Waals surface area (Å²) in [5, 5.41) is 9.26. The van der Waals surface area contributed by atoms with Crippen molar-refractivity contribution < 1.29 is 24.1 Å². The Labute approximate surface area is 120 Å². The molecule has 1 N–H and O–H groups in total. The summed E-state index contributed by atoms with van der Waals surface area (Å²) in [5.74, 6) is -0.353. The van der Waals surface area contributed by atoms with E-state index in [1.54, 1.807) is 0 Å². The molecule has 0 amide bonds. The third-order valence-electron chi connectivity index (χ3n) is 3.18. The van der Waals surface area contributed by atoms with Crippen LogP contribution < -0.4 is 0 Å². The van der Waals surface area contributed by atoms with Gasteiger partial charge in [0.1, 0.15) is 6.61 Å². The number of carbonyl (C=O) groups is 1. The predicted molar refractivity (Wildman–Crippen MR) is 75.1 cm³/mol. The van der Waals surface area contributed by atoms with Crippen molar-refractivity contribution in [3.8, 4) is 0 Å². The molecule has 0 atom stereocenters. The van der Waals surface area contributed by atoms with E-state index in [0.717, 1.165) is 5.57 Å². The predicted octanol–water partition coefficient (Wildman–Crippen LogP) is 1.89. The van der Waals surface area contributed by atoms with Crippen molar-refractivity contribution >= 4 is 5.97 Å². The van der Waals surface area contributed by atoms with Crippen molar-refractivity contribution in [2.45, 2.75) is 40.9 Å². The van der Waals surface area contributed by atoms with Crippen molar-refractivity contribution in [1.29, 1.82) is 0 Å². The van der Waals surface area contributed by atoms with Gasteiger partial charge in [-0.2, -0.15) is 0 Å². The molecule has 1 aliphatic heterocycles. The van der Waals surface area contributed by atoms with Crippen LogP contribution in [-0.2, 0) is 19.0 Å². The SMILES string of the molecule is CC(C)=CC(=O)OCC(C)(C)C1OCC(C)(CO)CO1. The van der Waals surface area contributed by atoms with E-state index in [-0.39, 0.29) is 24.6 Å². The molecule has 0 spiro atoms. The monoisotopic (exact) mass is 286 g/mol. The summed E-state index contributed by atoms with van der Waals surface area (Å²) in [5.41, 5.74) is 0.101. The second-order valence-electron chi connectivity index (χ2n) is 6.74. The van der Waals surface area contributed by atoms with Gasteiger partial charge in [-0.1, -0.05) is 26.3 Å². The lowest BCUT2D eigenvalue weighted by Crippen LogP contribution is -2.49. The first-order chi connectivity index (χ1) is 9.18. The lowest BCUT2D eigenvalue weighted by molar-refractivity contribution is -0.276. The Morgan fingerprint density at radius 2 is 1.95 bits per heavy atom. The highest BCUT2D eigenvalue weighted by Gasteiger charge is 2.40. The van der Waals surface area contributed by atoms with Crippen LogP contribution in [0.4, 0.5) is 0 Å². The maximum atomic E-state index is 11.5. The Morgan fingerprint density at radius 3 is 2.40 bits per heavy atom. The summed E-state index contributed by atoms with van der Waals surface area (Å²) in [4.78, 5) is 11.5. The van der Waals surface area contributed by atoms with Crippen LogP contribution in [0.15, 0.2) is 11.6 Å². The zero-order chi connectivity index (χ0) is 15.4. The van der Waals surface area contributed by atoms with E-state index in [1.165, 1.54) is 6.08 Å². The number of esters is 1. The number of aliphatic hydroxyl groups excluding tert-OH is 1. The molecule has 0 aromatic carbocycles. The molecule has 116 valence electrons. The van der Waals surface area contributed by atoms with Crippen LogP contribution >= 0.6 is 0 Å². The molecule has 0 unspecified atom stereocenters. The standard InChI is InChI=1S/C15H26O5/c1-11(2)6-12(17)18-8-14(3,4)13-19-9-15(5,7-16)10-20-13/h6,13,16H,7-10H2,1-5H3. The number of hydrogen-bond donors (Lipinski definition) is 1. The molecular formula is C15H26O5. The van der Waals surface area contributed by atoms with Gasteiger partial charge in [0.2, 0.25) is 0 Å². The van der Waals surface area contributed by atoms with E-state index in [0.29, 0.717) is 13.2 Å². The van der Waals surface area contributed by atoms with Gasteiger partial charge < -0.3 is 19.3 Å². The molecule has 1 saturated heterocycles. The zero-order valence-corrected chi connectivity index (χ0v) is 13.1. The van der Waals surface area contributed by atoms with Crippen molar-refractivity contribution in [2.24, 2.45) is 10.8 Å². The van der Waals surface area contributed by atoms with Crippen molar-refractivity contribution in [2.75, 3.05) is 26.4 Å². The zero-order valence-electron chi connectivity index (χ0n) is 13.1. The number of hydrogen-bond acceptors (Lipinski definition) is 5. The second kappa shape index (κ2) is 6.70. The van der Waals surface area contributed by atoms with Gasteiger partial charge in [0, 0.05) is 16.9 Å². The maximum Gasteiger partial charge on any atom is 0.330 e. The smallest absolute Gasteiger partial charge is 0.330 e. The lowest BCUT2D eigenvalue weighted by atomic mass is 9.89. The van der Waals surface area contributed by atoms with Crippen LogP contribution in [0.3, 0.4) is 0 Å². The number of ether oxygens (including phenoxy) is 3. The van der Waals surface area contributed by atoms with Gasteiger partial charge in [-0.05, 0) is 13.8 Å². The molecule has 1 heterocycles. The summed E-state index contributed by atoms with van der Waals surface area (Å²) < 4.78 is 16.6. The Kier molecular flexibility index (Phi) is 5.74. The Hall–Kier alpha value is -0.910. The molecule has 5 heteroatoms. The molecule has 1 aliphatic rings. The molecule has 0 aromatic heterocycles. The van der Waals surface area contributed by atoms with Gasteiger partial charge >= 0.3 is 5.97 Å². The molecule has 0 aliphatic carbocycles. The van der Waals surface area contributed by atoms with E-state index < -0.39 is 11.7 Å². The highest BCUT2D eigenvalue weighted by molar-refractivity contribution is 5.82. The number of aliphatic hydroxyl groups is 1. The average Bonchev–Trinajstić information content (AvgIpc) is 2.36. The van der Waals surface area contributed by atoms with Crippen LogP contribution in [0.2, 0.25) is 0 Å². The van der Waals surface area contributed by atoms with Crippen LogP contribution in [0.5, 0.6) is 0 Å². The van der Waals surface area contributed by atoms with Crippen molar-refractivity contribution in [1.82, 2.24) is 0 Å². The normalized spacial score (nSPS) is 27.0. The Bertz CT molecular complexity index is 360. The van der Waals surface area contributed by atoms with Crippen LogP contribution in [0.1, 0.15) is 34.6 Å². The van der Waals surface area contributed by atoms with Gasteiger partial charge in [-0.15, -0.1) is 0 Å². The number of rotatable bonds is 5. The fourth-order valence-corrected chi connectivity index (χ4v) is 1.79. The Balaban J connectivity index is 2.49. The van der Waals surface area contributed by atoms with E-state index in [2.05, 4.69) is 0 Å². The molecular weight excluding hydrogens is 260 g/mol. The molecule has 1 fully saturated rings. The van der Waals surface area contributed by atoms with Crippen molar-refractivity contribution in [3.63, 3.8) is 0 Å². The molecule has 20 heavy (non-hydrogen) atoms. The van der Waals surface area contributed by atoms with Crippen LogP contribution in [0.25, 0.3) is 0 Å². The van der Waals surface area contributed by atoms with Gasteiger partial charge in [0.15, 0.2) is 6.29 Å². The molecule has 0 radical (unpaired) electrons. The average molecular weight is 286 g/mol. The minimum atomic E-state index is -0.443. The molecule has 5 nitrogen and oxygen atoms in total. The largest absolute Gasteiger partial charge is 0.462 e. The van der Waals surface area contributed by atoms with E-state index in [4.69, 9.17) is 14.2 Å². The number of allylic oxidation sites excluding steroid dienone is 1. The van der Waals surface area contributed by atoms with E-state index >= 15 is 0 Å². The van der Waals surface area contributed by atoms with Crippen LogP contribution in [-0.4, -0.2) is 43.8 Å². The first-order valence-electron chi connectivity index (χ1n) is 6.84. The molecule has 0 aromatic rings. The minimum Gasteiger partial charge on any atom is -0.462 e. The fourth-order valence-electron chi connectivity index (χ4n) is 1.79. The van der Waals surface area contributed by atoms with Gasteiger partial charge in [0.05, 0.1) is 19.8 Å². The summed E-state index contributed by atoms with van der Waals surface area (Å²) in [6, 6.07) is 0. The first-order valence-corrected chi connectivity index (χ1v) is 6.84. The summed E-state index contributed by atoms with van der Waals surface area (Å²) in [7, 11) is 0. The molecule has 0 saturated carbocycles. The Morgan fingerprint density at radius 1 is 1.40 bits per heavy atom. The summed E-state index contributed by atoms with van der Waals surface area (Å²) >= 11 is 0. The third-order valence-corrected chi connectivity index (χ3v) is 3.18. The van der Waals surface area contributed by atoms with Crippen LogP contribution in [0, 0.1) is 10.8 Å². The molecule has 1 rings (SSSR count). The summed E-state index contributed by atoms with van der Waals surface area (Å²) in [6.07, 6.45) is 1.02. The highest BCUT2D eigenvalue weighted by Crippen LogP contribution is 2.32. The minimum absolute atomic E-state index is 0.0235. The first kappa shape index (κ1) is 17.1. The number of carbonyl (C=O) groups excluding carboxylic acids is 1. The quantitative estimate of drug-likeness (QED) is 0.617. The van der Waals surface area contributed by atoms with E-state index in [9.17, 15) is 9.90 Å². The highest BCUT2D eigenvalue weighted by atomic mass is 16.7. The lowest BCUT2D eigenvalue weighted by Gasteiger charge is -2.42. The van der Waals surface area contributed by atoms with E-state index in [1.807, 2.05) is 34.6 Å². The topological polar surface area (TPSA) is 65.0 Å². The summed E-state index contributed by atoms with van der Waals surface area (Å²) in [6.45, 7) is 10.5. The second-order valence-corrected chi connectivity index (χ2v) is 6.74. The van der Waals surface area contributed by atoms with Gasteiger partial charge in [-0.25, -0.2) is 4.79 Å². The van der Waals surface area contributed by atoms with Gasteiger partial charge in [-0.3, -0.25) is 0 Å².